The van der Waals surface area contributed by atoms with E-state index in [1.165, 1.54) is 6.33 Å². The summed E-state index contributed by atoms with van der Waals surface area (Å²) in [7, 11) is 2.07. The van der Waals surface area contributed by atoms with Crippen LogP contribution in [0.1, 0.15) is 51.6 Å². The molecule has 8 nitrogen and oxygen atoms in total. The first-order valence-electron chi connectivity index (χ1n) is 12.5. The summed E-state index contributed by atoms with van der Waals surface area (Å²) in [5, 5.41) is 7.74. The summed E-state index contributed by atoms with van der Waals surface area (Å²) in [5.41, 5.74) is 6.50. The lowest BCUT2D eigenvalue weighted by Crippen LogP contribution is -2.32. The lowest BCUT2D eigenvalue weighted by Gasteiger charge is -2.29. The second kappa shape index (κ2) is 10.6. The fourth-order valence-electron chi connectivity index (χ4n) is 4.66. The molecule has 1 saturated heterocycles. The van der Waals surface area contributed by atoms with Gasteiger partial charge in [0.1, 0.15) is 23.7 Å². The van der Waals surface area contributed by atoms with E-state index in [1.54, 1.807) is 18.2 Å². The summed E-state index contributed by atoms with van der Waals surface area (Å²) >= 11 is 0. The molecular weight excluding hydrogens is 526 g/mol. The summed E-state index contributed by atoms with van der Waals surface area (Å²) in [5.74, 6) is 3.71. The number of fused-ring (bicyclic) bond motifs is 1. The molecule has 0 aliphatic carbocycles. The average Bonchev–Trinajstić information content (AvgIpc) is 3.28. The number of hydrogen-bond acceptors (Lipinski definition) is 6. The van der Waals surface area contributed by atoms with Crippen molar-refractivity contribution in [3.05, 3.63) is 76.5 Å². The van der Waals surface area contributed by atoms with Crippen molar-refractivity contribution in [2.45, 2.75) is 32.0 Å². The first kappa shape index (κ1) is 27.1. The SMILES string of the molecule is Cc1ccc(NC(=O)c2cccc(C(F)(F)F)c2F)cc1C#Cc1nn(C2CCN(C)CC2)c2ncnc(N)c12. The monoisotopic (exact) mass is 551 g/mol. The van der Waals surface area contributed by atoms with Crippen LogP contribution in [0, 0.1) is 24.6 Å². The van der Waals surface area contributed by atoms with E-state index in [4.69, 9.17) is 10.8 Å². The van der Waals surface area contributed by atoms with E-state index < -0.39 is 29.0 Å². The number of amides is 1. The van der Waals surface area contributed by atoms with Crippen LogP contribution in [-0.4, -0.2) is 50.7 Å². The van der Waals surface area contributed by atoms with Gasteiger partial charge in [0.05, 0.1) is 22.6 Å². The zero-order chi connectivity index (χ0) is 28.6. The largest absolute Gasteiger partial charge is 0.419 e. The first-order valence-corrected chi connectivity index (χ1v) is 12.5. The Balaban J connectivity index is 1.45. The number of hydrogen-bond donors (Lipinski definition) is 2. The molecule has 4 aromatic rings. The first-order chi connectivity index (χ1) is 19.0. The quantitative estimate of drug-likeness (QED) is 0.280. The van der Waals surface area contributed by atoms with Gasteiger partial charge in [-0.3, -0.25) is 4.79 Å². The number of nitrogens with one attached hydrogen (secondary N) is 1. The van der Waals surface area contributed by atoms with Crippen LogP contribution < -0.4 is 11.1 Å². The highest BCUT2D eigenvalue weighted by Gasteiger charge is 2.35. The van der Waals surface area contributed by atoms with Gasteiger partial charge >= 0.3 is 6.18 Å². The van der Waals surface area contributed by atoms with Crippen molar-refractivity contribution >= 4 is 28.4 Å². The van der Waals surface area contributed by atoms with Crippen LogP contribution in [0.2, 0.25) is 0 Å². The number of anilines is 2. The molecule has 40 heavy (non-hydrogen) atoms. The molecule has 1 aliphatic rings. The Morgan fingerprint density at radius 2 is 1.88 bits per heavy atom. The molecule has 2 aromatic heterocycles. The third-order valence-corrected chi connectivity index (χ3v) is 6.91. The van der Waals surface area contributed by atoms with E-state index in [9.17, 15) is 22.4 Å². The topological polar surface area (TPSA) is 102 Å². The van der Waals surface area contributed by atoms with Crippen molar-refractivity contribution in [2.75, 3.05) is 31.2 Å². The molecule has 1 aliphatic heterocycles. The minimum absolute atomic E-state index is 0.139. The maximum atomic E-state index is 14.5. The van der Waals surface area contributed by atoms with Crippen LogP contribution in [0.25, 0.3) is 11.0 Å². The number of nitrogen functional groups attached to an aromatic ring is 1. The van der Waals surface area contributed by atoms with E-state index in [0.29, 0.717) is 28.4 Å². The van der Waals surface area contributed by atoms with Gasteiger partial charge in [0.2, 0.25) is 0 Å². The zero-order valence-electron chi connectivity index (χ0n) is 21.7. The lowest BCUT2D eigenvalue weighted by molar-refractivity contribution is -0.140. The van der Waals surface area contributed by atoms with Crippen molar-refractivity contribution < 1.29 is 22.4 Å². The van der Waals surface area contributed by atoms with Crippen LogP contribution in [0.4, 0.5) is 29.1 Å². The minimum atomic E-state index is -4.92. The Bertz CT molecular complexity index is 1660. The van der Waals surface area contributed by atoms with Crippen LogP contribution >= 0.6 is 0 Å². The van der Waals surface area contributed by atoms with Crippen molar-refractivity contribution in [3.63, 3.8) is 0 Å². The molecule has 1 fully saturated rings. The second-order valence-electron chi connectivity index (χ2n) is 9.68. The van der Waals surface area contributed by atoms with Gasteiger partial charge in [0.25, 0.3) is 5.91 Å². The number of rotatable bonds is 3. The third-order valence-electron chi connectivity index (χ3n) is 6.91. The van der Waals surface area contributed by atoms with Crippen molar-refractivity contribution in [1.82, 2.24) is 24.6 Å². The standard InChI is InChI=1S/C28H25F4N7O/c1-16-6-8-18(36-27(40)20-4-3-5-21(24(20)29)28(30,31)32)14-17(16)7-9-22-23-25(33)34-15-35-26(23)39(37-22)19-10-12-38(2)13-11-19/h3-6,8,14-15,19H,10-13H2,1-2H3,(H,36,40)(H2,33,34,35). The Morgan fingerprint density at radius 3 is 2.60 bits per heavy atom. The normalized spacial score (nSPS) is 14.7. The molecule has 0 radical (unpaired) electrons. The van der Waals surface area contributed by atoms with Gasteiger partial charge in [-0.05, 0) is 75.7 Å². The zero-order valence-corrected chi connectivity index (χ0v) is 21.7. The molecule has 1 amide bonds. The number of benzene rings is 2. The number of nitrogens with zero attached hydrogens (tertiary/aromatic N) is 5. The molecule has 0 saturated carbocycles. The van der Waals surface area contributed by atoms with E-state index in [1.807, 2.05) is 11.6 Å². The van der Waals surface area contributed by atoms with Crippen molar-refractivity contribution in [3.8, 4) is 11.8 Å². The molecule has 206 valence electrons. The number of carbonyl (C=O) groups is 1. The number of halogens is 4. The van der Waals surface area contributed by atoms with E-state index in [-0.39, 0.29) is 17.5 Å². The van der Waals surface area contributed by atoms with Crippen molar-refractivity contribution in [1.29, 1.82) is 0 Å². The van der Waals surface area contributed by atoms with Gasteiger partial charge in [-0.25, -0.2) is 19.0 Å². The number of piperidine rings is 1. The summed E-state index contributed by atoms with van der Waals surface area (Å²) in [6, 6.07) is 7.50. The number of alkyl halides is 3. The lowest BCUT2D eigenvalue weighted by atomic mass is 10.1. The average molecular weight is 552 g/mol. The molecule has 3 N–H and O–H groups in total. The van der Waals surface area contributed by atoms with E-state index in [0.717, 1.165) is 43.6 Å². The van der Waals surface area contributed by atoms with Crippen molar-refractivity contribution in [2.24, 2.45) is 0 Å². The Morgan fingerprint density at radius 1 is 1.12 bits per heavy atom. The van der Waals surface area contributed by atoms with E-state index >= 15 is 0 Å². The Kier molecular flexibility index (Phi) is 7.16. The molecule has 12 heteroatoms. The minimum Gasteiger partial charge on any atom is -0.383 e. The summed E-state index contributed by atoms with van der Waals surface area (Å²) in [6.45, 7) is 3.67. The van der Waals surface area contributed by atoms with Gasteiger partial charge in [-0.2, -0.15) is 18.3 Å². The predicted molar refractivity (Wildman–Crippen MR) is 142 cm³/mol. The van der Waals surface area contributed by atoms with Crippen LogP contribution in [0.3, 0.4) is 0 Å². The Hall–Kier alpha value is -4.50. The number of aromatic nitrogens is 4. The fourth-order valence-corrected chi connectivity index (χ4v) is 4.66. The van der Waals surface area contributed by atoms with Gasteiger partial charge in [-0.1, -0.05) is 18.1 Å². The molecule has 0 atom stereocenters. The van der Waals surface area contributed by atoms with Gasteiger partial charge in [-0.15, -0.1) is 0 Å². The van der Waals surface area contributed by atoms with Gasteiger partial charge < -0.3 is 16.0 Å². The maximum absolute atomic E-state index is 14.5. The highest BCUT2D eigenvalue weighted by molar-refractivity contribution is 6.04. The fraction of sp³-hybridized carbons (Fsp3) is 0.286. The summed E-state index contributed by atoms with van der Waals surface area (Å²) < 4.78 is 55.5. The van der Waals surface area contributed by atoms with Gasteiger partial charge in [0.15, 0.2) is 5.65 Å². The third kappa shape index (κ3) is 5.33. The highest BCUT2D eigenvalue weighted by atomic mass is 19.4. The molecule has 3 heterocycles. The number of nitrogens with two attached hydrogens (primary N) is 1. The summed E-state index contributed by atoms with van der Waals surface area (Å²) in [6.07, 6.45) is -1.73. The molecule has 2 aromatic carbocycles. The molecule has 5 rings (SSSR count). The molecule has 0 unspecified atom stereocenters. The van der Waals surface area contributed by atoms with Crippen LogP contribution in [-0.2, 0) is 6.18 Å². The number of likely N-dealkylation sites (tertiary alicyclic amines) is 1. The Labute approximate surface area is 227 Å². The predicted octanol–water partition coefficient (Wildman–Crippen LogP) is 4.79. The molecular formula is C28H25F4N7O. The molecule has 0 bridgehead atoms. The smallest absolute Gasteiger partial charge is 0.383 e. The summed E-state index contributed by atoms with van der Waals surface area (Å²) in [4.78, 5) is 23.4. The van der Waals surface area contributed by atoms with Crippen LogP contribution in [0.15, 0.2) is 42.7 Å². The maximum Gasteiger partial charge on any atom is 0.419 e. The second-order valence-corrected chi connectivity index (χ2v) is 9.68. The van der Waals surface area contributed by atoms with E-state index in [2.05, 4.69) is 39.1 Å². The number of carbonyl (C=O) groups excluding carboxylic acids is 1. The van der Waals surface area contributed by atoms with Gasteiger partial charge in [0, 0.05) is 11.3 Å². The number of aryl methyl sites for hydroxylation is 1. The highest BCUT2D eigenvalue weighted by Crippen LogP contribution is 2.33. The molecule has 0 spiro atoms. The van der Waals surface area contributed by atoms with Crippen LogP contribution in [0.5, 0.6) is 0 Å².